The number of nitrogens with two attached hydrogens (primary N) is 1. The van der Waals surface area contributed by atoms with Gasteiger partial charge in [-0.05, 0) is 30.0 Å². The van der Waals surface area contributed by atoms with Crippen molar-refractivity contribution in [1.82, 2.24) is 0 Å². The van der Waals surface area contributed by atoms with Crippen molar-refractivity contribution in [3.05, 3.63) is 29.3 Å². The van der Waals surface area contributed by atoms with Crippen LogP contribution in [0.3, 0.4) is 0 Å². The van der Waals surface area contributed by atoms with E-state index in [1.54, 1.807) is 6.07 Å². The van der Waals surface area contributed by atoms with E-state index in [0.717, 1.165) is 25.9 Å². The van der Waals surface area contributed by atoms with Crippen molar-refractivity contribution in [1.29, 1.82) is 0 Å². The maximum atomic E-state index is 13.0. The van der Waals surface area contributed by atoms with Crippen LogP contribution in [-0.2, 0) is 12.7 Å². The molecule has 0 aromatic heterocycles. The number of benzene rings is 1. The summed E-state index contributed by atoms with van der Waals surface area (Å²) in [6.07, 6.45) is -2.21. The van der Waals surface area contributed by atoms with E-state index in [1.165, 1.54) is 12.1 Å². The maximum Gasteiger partial charge on any atom is 0.416 e. The van der Waals surface area contributed by atoms with Gasteiger partial charge in [-0.25, -0.2) is 0 Å². The lowest BCUT2D eigenvalue weighted by Gasteiger charge is -2.21. The monoisotopic (exact) mass is 272 g/mol. The van der Waals surface area contributed by atoms with Crippen LogP contribution < -0.4 is 10.6 Å². The summed E-state index contributed by atoms with van der Waals surface area (Å²) in [7, 11) is 0. The molecule has 5 heteroatoms. The Labute approximate surface area is 111 Å². The fourth-order valence-electron chi connectivity index (χ4n) is 2.60. The number of anilines is 1. The molecule has 2 rings (SSSR count). The lowest BCUT2D eigenvalue weighted by molar-refractivity contribution is -0.138. The summed E-state index contributed by atoms with van der Waals surface area (Å²) in [5.74, 6) is 0.587. The molecular weight excluding hydrogens is 253 g/mol. The molecule has 1 heterocycles. The molecule has 1 aromatic rings. The van der Waals surface area contributed by atoms with Gasteiger partial charge >= 0.3 is 6.18 Å². The van der Waals surface area contributed by atoms with Crippen LogP contribution in [0.5, 0.6) is 0 Å². The lowest BCUT2D eigenvalue weighted by Crippen LogP contribution is -2.21. The van der Waals surface area contributed by atoms with Crippen LogP contribution in [0.15, 0.2) is 18.2 Å². The van der Waals surface area contributed by atoms with Crippen LogP contribution in [-0.4, -0.2) is 13.1 Å². The molecule has 1 atom stereocenters. The quantitative estimate of drug-likeness (QED) is 0.913. The SMILES string of the molecule is CCC1CCN(c2ccc(CN)c(C(F)(F)F)c2)C1. The van der Waals surface area contributed by atoms with Gasteiger partial charge in [-0.1, -0.05) is 19.4 Å². The highest BCUT2D eigenvalue weighted by Gasteiger charge is 2.34. The van der Waals surface area contributed by atoms with Crippen molar-refractivity contribution in [2.45, 2.75) is 32.5 Å². The number of nitrogens with zero attached hydrogens (tertiary/aromatic N) is 1. The van der Waals surface area contributed by atoms with Crippen LogP contribution in [0.1, 0.15) is 30.9 Å². The molecule has 1 aliphatic heterocycles. The van der Waals surface area contributed by atoms with Gasteiger partial charge in [0.15, 0.2) is 0 Å². The van der Waals surface area contributed by atoms with Crippen LogP contribution in [0.25, 0.3) is 0 Å². The average Bonchev–Trinajstić information content (AvgIpc) is 2.85. The minimum atomic E-state index is -4.34. The van der Waals surface area contributed by atoms with Crippen LogP contribution in [0, 0.1) is 5.92 Å². The Hall–Kier alpha value is -1.23. The molecule has 2 N–H and O–H groups in total. The van der Waals surface area contributed by atoms with Crippen LogP contribution >= 0.6 is 0 Å². The van der Waals surface area contributed by atoms with Gasteiger partial charge in [0.2, 0.25) is 0 Å². The van der Waals surface area contributed by atoms with E-state index in [9.17, 15) is 13.2 Å². The van der Waals surface area contributed by atoms with Crippen LogP contribution in [0.2, 0.25) is 0 Å². The molecule has 1 aliphatic rings. The molecule has 0 bridgehead atoms. The summed E-state index contributed by atoms with van der Waals surface area (Å²) in [6.45, 7) is 3.70. The lowest BCUT2D eigenvalue weighted by atomic mass is 10.1. The smallest absolute Gasteiger partial charge is 0.371 e. The summed E-state index contributed by atoms with van der Waals surface area (Å²) in [6, 6.07) is 4.48. The summed E-state index contributed by atoms with van der Waals surface area (Å²) < 4.78 is 38.9. The molecule has 0 amide bonds. The van der Waals surface area contributed by atoms with Gasteiger partial charge < -0.3 is 10.6 Å². The second kappa shape index (κ2) is 5.41. The van der Waals surface area contributed by atoms with E-state index >= 15 is 0 Å². The molecule has 1 saturated heterocycles. The predicted molar refractivity (Wildman–Crippen MR) is 69.9 cm³/mol. The Bertz CT molecular complexity index is 443. The van der Waals surface area contributed by atoms with Crippen molar-refractivity contribution in [2.75, 3.05) is 18.0 Å². The van der Waals surface area contributed by atoms with E-state index in [1.807, 2.05) is 4.90 Å². The van der Waals surface area contributed by atoms with E-state index in [4.69, 9.17) is 5.73 Å². The molecule has 0 radical (unpaired) electrons. The third-order valence-corrected chi connectivity index (χ3v) is 3.85. The zero-order chi connectivity index (χ0) is 14.0. The molecule has 1 aromatic carbocycles. The minimum absolute atomic E-state index is 0.0906. The summed E-state index contributed by atoms with van der Waals surface area (Å²) in [5, 5.41) is 0. The summed E-state index contributed by atoms with van der Waals surface area (Å²) in [4.78, 5) is 2.03. The third-order valence-electron chi connectivity index (χ3n) is 3.85. The second-order valence-corrected chi connectivity index (χ2v) is 5.05. The van der Waals surface area contributed by atoms with Gasteiger partial charge in [-0.2, -0.15) is 13.2 Å². The van der Waals surface area contributed by atoms with Crippen LogP contribution in [0.4, 0.5) is 18.9 Å². The topological polar surface area (TPSA) is 29.3 Å². The first-order chi connectivity index (χ1) is 8.95. The van der Waals surface area contributed by atoms with Crippen molar-refractivity contribution in [3.8, 4) is 0 Å². The molecule has 1 unspecified atom stereocenters. The molecule has 0 aliphatic carbocycles. The first-order valence-electron chi connectivity index (χ1n) is 6.60. The molecule has 0 saturated carbocycles. The third kappa shape index (κ3) is 3.03. The number of hydrogen-bond donors (Lipinski definition) is 1. The molecule has 1 fully saturated rings. The number of hydrogen-bond acceptors (Lipinski definition) is 2. The van der Waals surface area contributed by atoms with Gasteiger partial charge in [0.05, 0.1) is 5.56 Å². The van der Waals surface area contributed by atoms with Gasteiger partial charge in [0, 0.05) is 25.3 Å². The predicted octanol–water partition coefficient (Wildman–Crippen LogP) is 3.40. The number of alkyl halides is 3. The Morgan fingerprint density at radius 3 is 2.63 bits per heavy atom. The molecule has 19 heavy (non-hydrogen) atoms. The average molecular weight is 272 g/mol. The van der Waals surface area contributed by atoms with Crippen molar-refractivity contribution < 1.29 is 13.2 Å². The molecule has 106 valence electrons. The fourth-order valence-corrected chi connectivity index (χ4v) is 2.60. The van der Waals surface area contributed by atoms with Crippen molar-refractivity contribution >= 4 is 5.69 Å². The Morgan fingerprint density at radius 1 is 1.37 bits per heavy atom. The molecule has 0 spiro atoms. The maximum absolute atomic E-state index is 13.0. The van der Waals surface area contributed by atoms with E-state index in [2.05, 4.69) is 6.92 Å². The zero-order valence-electron chi connectivity index (χ0n) is 11.0. The first-order valence-corrected chi connectivity index (χ1v) is 6.60. The van der Waals surface area contributed by atoms with Crippen molar-refractivity contribution in [3.63, 3.8) is 0 Å². The van der Waals surface area contributed by atoms with Gasteiger partial charge in [0.1, 0.15) is 0 Å². The highest BCUT2D eigenvalue weighted by molar-refractivity contribution is 5.52. The highest BCUT2D eigenvalue weighted by atomic mass is 19.4. The van der Waals surface area contributed by atoms with Crippen molar-refractivity contribution in [2.24, 2.45) is 11.7 Å². The number of rotatable bonds is 3. The van der Waals surface area contributed by atoms with E-state index in [0.29, 0.717) is 11.6 Å². The van der Waals surface area contributed by atoms with Gasteiger partial charge in [0.25, 0.3) is 0 Å². The minimum Gasteiger partial charge on any atom is -0.371 e. The highest BCUT2D eigenvalue weighted by Crippen LogP contribution is 2.35. The summed E-state index contributed by atoms with van der Waals surface area (Å²) in [5.41, 5.74) is 5.58. The standard InChI is InChI=1S/C14H19F3N2/c1-2-10-5-6-19(9-10)12-4-3-11(8-18)13(7-12)14(15,16)17/h3-4,7,10H,2,5-6,8-9,18H2,1H3. The number of halogens is 3. The Morgan fingerprint density at radius 2 is 2.11 bits per heavy atom. The zero-order valence-corrected chi connectivity index (χ0v) is 11.0. The molecular formula is C14H19F3N2. The van der Waals surface area contributed by atoms with E-state index in [-0.39, 0.29) is 12.1 Å². The molecule has 2 nitrogen and oxygen atoms in total. The normalized spacial score (nSPS) is 20.1. The Kier molecular flexibility index (Phi) is 4.04. The summed E-state index contributed by atoms with van der Waals surface area (Å²) >= 11 is 0. The van der Waals surface area contributed by atoms with Gasteiger partial charge in [-0.3, -0.25) is 0 Å². The first kappa shape index (κ1) is 14.2. The fraction of sp³-hybridized carbons (Fsp3) is 0.571. The largest absolute Gasteiger partial charge is 0.416 e. The second-order valence-electron chi connectivity index (χ2n) is 5.05. The Balaban J connectivity index is 2.28. The van der Waals surface area contributed by atoms with E-state index < -0.39 is 11.7 Å². The van der Waals surface area contributed by atoms with Gasteiger partial charge in [-0.15, -0.1) is 0 Å².